The molecule has 1 fully saturated rings. The van der Waals surface area contributed by atoms with Crippen LogP contribution in [0.1, 0.15) is 51.9 Å². The zero-order valence-corrected chi connectivity index (χ0v) is 12.2. The number of unbranched alkanes of at least 4 members (excludes halogenated alkanes) is 2. The summed E-state index contributed by atoms with van der Waals surface area (Å²) >= 11 is 0. The number of hydrogen-bond acceptors (Lipinski definition) is 4. The van der Waals surface area contributed by atoms with E-state index in [1.807, 2.05) is 6.92 Å². The molecule has 0 aromatic rings. The van der Waals surface area contributed by atoms with Gasteiger partial charge in [0, 0.05) is 13.0 Å². The summed E-state index contributed by atoms with van der Waals surface area (Å²) in [6, 6.07) is 0. The molecular formula is C15H29NO3. The fraction of sp³-hybridized carbons (Fsp3) is 0.933. The standard InChI is InChI=1S/C15H29NO3/c1-2-19-15(18)9-4-3-5-10-16-11-13-7-6-8-14(13)12-17/h13-14,16-17H,2-12H2,1H3. The molecule has 1 aliphatic carbocycles. The fourth-order valence-electron chi connectivity index (χ4n) is 2.84. The average molecular weight is 271 g/mol. The van der Waals surface area contributed by atoms with Crippen LogP contribution >= 0.6 is 0 Å². The van der Waals surface area contributed by atoms with Gasteiger partial charge in [-0.05, 0) is 57.5 Å². The van der Waals surface area contributed by atoms with E-state index < -0.39 is 0 Å². The predicted octanol–water partition coefficient (Wildman–Crippen LogP) is 2.11. The Hall–Kier alpha value is -0.610. The molecule has 2 atom stereocenters. The monoisotopic (exact) mass is 271 g/mol. The summed E-state index contributed by atoms with van der Waals surface area (Å²) in [6.45, 7) is 4.70. The first-order valence-corrected chi connectivity index (χ1v) is 7.75. The molecule has 1 aliphatic rings. The topological polar surface area (TPSA) is 58.6 Å². The van der Waals surface area contributed by atoms with Crippen LogP contribution in [0, 0.1) is 11.8 Å². The first kappa shape index (κ1) is 16.4. The van der Waals surface area contributed by atoms with Gasteiger partial charge in [-0.3, -0.25) is 4.79 Å². The normalized spacial score (nSPS) is 22.6. The number of carbonyl (C=O) groups excluding carboxylic acids is 1. The number of esters is 1. The predicted molar refractivity (Wildman–Crippen MR) is 75.9 cm³/mol. The number of aliphatic hydroxyl groups excluding tert-OH is 1. The Morgan fingerprint density at radius 2 is 2.05 bits per heavy atom. The van der Waals surface area contributed by atoms with Gasteiger partial charge in [-0.2, -0.15) is 0 Å². The average Bonchev–Trinajstić information content (AvgIpc) is 2.85. The Bertz CT molecular complexity index is 246. The minimum Gasteiger partial charge on any atom is -0.466 e. The largest absolute Gasteiger partial charge is 0.466 e. The van der Waals surface area contributed by atoms with Gasteiger partial charge in [0.2, 0.25) is 0 Å². The van der Waals surface area contributed by atoms with Crippen LogP contribution in [0.5, 0.6) is 0 Å². The highest BCUT2D eigenvalue weighted by atomic mass is 16.5. The summed E-state index contributed by atoms with van der Waals surface area (Å²) < 4.78 is 4.88. The molecule has 1 saturated carbocycles. The van der Waals surface area contributed by atoms with Gasteiger partial charge in [0.1, 0.15) is 0 Å². The van der Waals surface area contributed by atoms with Crippen molar-refractivity contribution in [1.29, 1.82) is 0 Å². The van der Waals surface area contributed by atoms with E-state index in [0.717, 1.165) is 32.4 Å². The van der Waals surface area contributed by atoms with E-state index in [9.17, 15) is 9.90 Å². The second-order valence-electron chi connectivity index (χ2n) is 5.45. The van der Waals surface area contributed by atoms with Crippen LogP contribution in [-0.2, 0) is 9.53 Å². The molecule has 4 nitrogen and oxygen atoms in total. The molecule has 0 spiro atoms. The van der Waals surface area contributed by atoms with E-state index >= 15 is 0 Å². The molecule has 0 bridgehead atoms. The highest BCUT2D eigenvalue weighted by Gasteiger charge is 2.25. The van der Waals surface area contributed by atoms with Crippen LogP contribution in [0.3, 0.4) is 0 Å². The minimum absolute atomic E-state index is 0.0767. The third-order valence-corrected chi connectivity index (χ3v) is 4.00. The fourth-order valence-corrected chi connectivity index (χ4v) is 2.84. The molecule has 4 heteroatoms. The molecule has 0 heterocycles. The van der Waals surface area contributed by atoms with Crippen molar-refractivity contribution >= 4 is 5.97 Å². The molecule has 0 aromatic heterocycles. The van der Waals surface area contributed by atoms with E-state index in [4.69, 9.17) is 4.74 Å². The van der Waals surface area contributed by atoms with Gasteiger partial charge in [0.15, 0.2) is 0 Å². The van der Waals surface area contributed by atoms with Crippen molar-refractivity contribution < 1.29 is 14.6 Å². The van der Waals surface area contributed by atoms with Crippen LogP contribution in [0.15, 0.2) is 0 Å². The van der Waals surface area contributed by atoms with Gasteiger partial charge in [0.05, 0.1) is 6.61 Å². The third kappa shape index (κ3) is 6.92. The number of carbonyl (C=O) groups is 1. The highest BCUT2D eigenvalue weighted by molar-refractivity contribution is 5.69. The summed E-state index contributed by atoms with van der Waals surface area (Å²) in [5, 5.41) is 12.7. The summed E-state index contributed by atoms with van der Waals surface area (Å²) in [6.07, 6.45) is 7.34. The van der Waals surface area contributed by atoms with Crippen LogP contribution in [0.25, 0.3) is 0 Å². The zero-order valence-electron chi connectivity index (χ0n) is 12.2. The number of ether oxygens (including phenoxy) is 1. The maximum absolute atomic E-state index is 11.1. The quantitative estimate of drug-likeness (QED) is 0.472. The number of rotatable bonds is 10. The molecule has 0 aliphatic heterocycles. The molecule has 1 rings (SSSR count). The Balaban J connectivity index is 1.90. The van der Waals surface area contributed by atoms with Gasteiger partial charge in [-0.15, -0.1) is 0 Å². The maximum atomic E-state index is 11.1. The van der Waals surface area contributed by atoms with Crippen LogP contribution < -0.4 is 5.32 Å². The number of hydrogen-bond donors (Lipinski definition) is 2. The third-order valence-electron chi connectivity index (χ3n) is 4.00. The van der Waals surface area contributed by atoms with Gasteiger partial charge in [0.25, 0.3) is 0 Å². The molecule has 112 valence electrons. The lowest BCUT2D eigenvalue weighted by molar-refractivity contribution is -0.143. The molecular weight excluding hydrogens is 242 g/mol. The Morgan fingerprint density at radius 3 is 2.79 bits per heavy atom. The van der Waals surface area contributed by atoms with E-state index in [1.165, 1.54) is 19.3 Å². The van der Waals surface area contributed by atoms with E-state index in [0.29, 0.717) is 31.5 Å². The van der Waals surface area contributed by atoms with Gasteiger partial charge in [-0.1, -0.05) is 12.8 Å². The molecule has 0 saturated heterocycles. The SMILES string of the molecule is CCOC(=O)CCCCCNCC1CCCC1CO. The van der Waals surface area contributed by atoms with E-state index in [2.05, 4.69) is 5.32 Å². The van der Waals surface area contributed by atoms with Crippen molar-refractivity contribution in [3.05, 3.63) is 0 Å². The second kappa shape index (κ2) is 10.2. The molecule has 0 radical (unpaired) electrons. The molecule has 19 heavy (non-hydrogen) atoms. The lowest BCUT2D eigenvalue weighted by atomic mass is 9.97. The van der Waals surface area contributed by atoms with Crippen molar-refractivity contribution in [2.45, 2.75) is 51.9 Å². The maximum Gasteiger partial charge on any atom is 0.305 e. The van der Waals surface area contributed by atoms with E-state index in [1.54, 1.807) is 0 Å². The van der Waals surface area contributed by atoms with Gasteiger partial charge >= 0.3 is 5.97 Å². The first-order chi connectivity index (χ1) is 9.27. The van der Waals surface area contributed by atoms with Crippen LogP contribution in [0.2, 0.25) is 0 Å². The molecule has 0 aromatic carbocycles. The Kier molecular flexibility index (Phi) is 8.84. The first-order valence-electron chi connectivity index (χ1n) is 7.75. The second-order valence-corrected chi connectivity index (χ2v) is 5.45. The highest BCUT2D eigenvalue weighted by Crippen LogP contribution is 2.30. The Labute approximate surface area is 116 Å². The van der Waals surface area contributed by atoms with Crippen molar-refractivity contribution in [3.8, 4) is 0 Å². The number of nitrogens with one attached hydrogen (secondary N) is 1. The number of aliphatic hydroxyl groups is 1. The van der Waals surface area contributed by atoms with Gasteiger partial charge in [-0.25, -0.2) is 0 Å². The molecule has 0 amide bonds. The lowest BCUT2D eigenvalue weighted by Crippen LogP contribution is -2.27. The summed E-state index contributed by atoms with van der Waals surface area (Å²) in [5.41, 5.74) is 0. The van der Waals surface area contributed by atoms with E-state index in [-0.39, 0.29) is 5.97 Å². The zero-order chi connectivity index (χ0) is 13.9. The smallest absolute Gasteiger partial charge is 0.305 e. The van der Waals surface area contributed by atoms with Crippen molar-refractivity contribution in [2.75, 3.05) is 26.3 Å². The lowest BCUT2D eigenvalue weighted by Gasteiger charge is -2.17. The summed E-state index contributed by atoms with van der Waals surface area (Å²) in [5.74, 6) is 1.09. The molecule has 2 unspecified atom stereocenters. The van der Waals surface area contributed by atoms with Crippen LogP contribution in [0.4, 0.5) is 0 Å². The van der Waals surface area contributed by atoms with Crippen molar-refractivity contribution in [1.82, 2.24) is 5.32 Å². The minimum atomic E-state index is -0.0767. The Morgan fingerprint density at radius 1 is 1.26 bits per heavy atom. The molecule has 2 N–H and O–H groups in total. The van der Waals surface area contributed by atoms with Gasteiger partial charge < -0.3 is 15.2 Å². The summed E-state index contributed by atoms with van der Waals surface area (Å²) in [7, 11) is 0. The van der Waals surface area contributed by atoms with Crippen LogP contribution in [-0.4, -0.2) is 37.4 Å². The van der Waals surface area contributed by atoms with Crippen molar-refractivity contribution in [2.24, 2.45) is 11.8 Å². The summed E-state index contributed by atoms with van der Waals surface area (Å²) in [4.78, 5) is 11.1. The van der Waals surface area contributed by atoms with Crippen molar-refractivity contribution in [3.63, 3.8) is 0 Å².